The van der Waals surface area contributed by atoms with Crippen LogP contribution >= 0.6 is 0 Å². The highest BCUT2D eigenvalue weighted by Crippen LogP contribution is 2.46. The third kappa shape index (κ3) is 3.44. The molecular formula is C15H26O3. The summed E-state index contributed by atoms with van der Waals surface area (Å²) in [6.07, 6.45) is 6.16. The zero-order chi connectivity index (χ0) is 14.0. The van der Waals surface area contributed by atoms with Crippen molar-refractivity contribution in [3.63, 3.8) is 0 Å². The van der Waals surface area contributed by atoms with Gasteiger partial charge in [0.15, 0.2) is 0 Å². The zero-order valence-corrected chi connectivity index (χ0v) is 11.8. The highest BCUT2D eigenvalue weighted by Gasteiger charge is 2.47. The number of hydrogen-bond donors (Lipinski definition) is 3. The van der Waals surface area contributed by atoms with E-state index in [1.807, 2.05) is 39.0 Å². The lowest BCUT2D eigenvalue weighted by Crippen LogP contribution is -2.52. The summed E-state index contributed by atoms with van der Waals surface area (Å²) < 4.78 is 0. The van der Waals surface area contributed by atoms with Crippen molar-refractivity contribution in [3.8, 4) is 0 Å². The van der Waals surface area contributed by atoms with Crippen LogP contribution in [0.5, 0.6) is 0 Å². The molecule has 0 aromatic heterocycles. The van der Waals surface area contributed by atoms with Crippen LogP contribution in [0.1, 0.15) is 40.5 Å². The van der Waals surface area contributed by atoms with Crippen molar-refractivity contribution in [2.75, 3.05) is 6.61 Å². The van der Waals surface area contributed by atoms with Crippen LogP contribution in [0.3, 0.4) is 0 Å². The second kappa shape index (κ2) is 5.55. The van der Waals surface area contributed by atoms with Gasteiger partial charge in [-0.1, -0.05) is 30.7 Å². The minimum Gasteiger partial charge on any atom is -0.396 e. The van der Waals surface area contributed by atoms with Crippen LogP contribution in [0.15, 0.2) is 23.8 Å². The van der Waals surface area contributed by atoms with E-state index in [-0.39, 0.29) is 17.9 Å². The molecule has 0 radical (unpaired) electrons. The number of allylic oxidation sites excluding steroid dienone is 4. The molecule has 0 saturated heterocycles. The summed E-state index contributed by atoms with van der Waals surface area (Å²) in [5, 5.41) is 29.6. The van der Waals surface area contributed by atoms with Crippen LogP contribution in [0.25, 0.3) is 0 Å². The van der Waals surface area contributed by atoms with Crippen LogP contribution in [0.4, 0.5) is 0 Å². The largest absolute Gasteiger partial charge is 0.396 e. The molecular weight excluding hydrogens is 228 g/mol. The maximum Gasteiger partial charge on any atom is 0.0885 e. The summed E-state index contributed by atoms with van der Waals surface area (Å²) in [5.41, 5.74) is -0.169. The third-order valence-corrected chi connectivity index (χ3v) is 4.02. The van der Waals surface area contributed by atoms with Gasteiger partial charge in [0.25, 0.3) is 0 Å². The molecule has 3 N–H and O–H groups in total. The summed E-state index contributed by atoms with van der Waals surface area (Å²) in [6.45, 7) is 7.78. The van der Waals surface area contributed by atoms with E-state index in [9.17, 15) is 15.3 Å². The Bertz CT molecular complexity index is 340. The molecule has 4 unspecified atom stereocenters. The molecule has 1 saturated carbocycles. The predicted octanol–water partition coefficient (Wildman–Crippen LogP) is 2.03. The van der Waals surface area contributed by atoms with Crippen LogP contribution in [0.2, 0.25) is 0 Å². The molecule has 4 atom stereocenters. The molecule has 18 heavy (non-hydrogen) atoms. The van der Waals surface area contributed by atoms with Gasteiger partial charge in [0.2, 0.25) is 0 Å². The third-order valence-electron chi connectivity index (χ3n) is 4.02. The number of aliphatic hydroxyl groups is 3. The average Bonchev–Trinajstić information content (AvgIpc) is 2.22. The standard InChI is InChI=1S/C15H26O3/c1-11(2)6-5-7-14(3)10-15(4,18)13(17)8-12(14)9-16/h5-7,12-13,16-18H,8-10H2,1-4H3. The van der Waals surface area contributed by atoms with Crippen LogP contribution < -0.4 is 0 Å². The first-order valence-electron chi connectivity index (χ1n) is 6.55. The van der Waals surface area contributed by atoms with Crippen LogP contribution in [-0.2, 0) is 0 Å². The molecule has 104 valence electrons. The molecule has 0 spiro atoms. The SMILES string of the molecule is CC(C)=CC=CC1(C)CC(C)(O)C(O)CC1CO. The first-order valence-corrected chi connectivity index (χ1v) is 6.55. The highest BCUT2D eigenvalue weighted by molar-refractivity contribution is 5.15. The first-order chi connectivity index (χ1) is 8.21. The molecule has 1 aliphatic rings. The molecule has 0 aliphatic heterocycles. The average molecular weight is 254 g/mol. The Morgan fingerprint density at radius 3 is 2.44 bits per heavy atom. The van der Waals surface area contributed by atoms with Crippen molar-refractivity contribution in [3.05, 3.63) is 23.8 Å². The minimum absolute atomic E-state index is 0.0189. The fourth-order valence-electron chi connectivity index (χ4n) is 2.76. The predicted molar refractivity (Wildman–Crippen MR) is 73.1 cm³/mol. The van der Waals surface area contributed by atoms with Gasteiger partial charge in [-0.25, -0.2) is 0 Å². The molecule has 3 heteroatoms. The van der Waals surface area contributed by atoms with Gasteiger partial charge in [0.1, 0.15) is 0 Å². The van der Waals surface area contributed by atoms with E-state index in [0.717, 1.165) is 0 Å². The monoisotopic (exact) mass is 254 g/mol. The van der Waals surface area contributed by atoms with Gasteiger partial charge in [-0.15, -0.1) is 0 Å². The number of aliphatic hydroxyl groups excluding tert-OH is 2. The van der Waals surface area contributed by atoms with Crippen molar-refractivity contribution in [1.82, 2.24) is 0 Å². The maximum atomic E-state index is 10.2. The van der Waals surface area contributed by atoms with Crippen LogP contribution in [-0.4, -0.2) is 33.6 Å². The lowest BCUT2D eigenvalue weighted by Gasteiger charge is -2.48. The lowest BCUT2D eigenvalue weighted by molar-refractivity contribution is -0.137. The molecule has 0 aromatic rings. The van der Waals surface area contributed by atoms with Gasteiger partial charge >= 0.3 is 0 Å². The van der Waals surface area contributed by atoms with E-state index in [4.69, 9.17) is 0 Å². The second-order valence-corrected chi connectivity index (χ2v) is 6.27. The number of rotatable bonds is 3. The van der Waals surface area contributed by atoms with Gasteiger partial charge in [0.05, 0.1) is 11.7 Å². The van der Waals surface area contributed by atoms with Crippen molar-refractivity contribution >= 4 is 0 Å². The minimum atomic E-state index is -1.09. The van der Waals surface area contributed by atoms with E-state index < -0.39 is 11.7 Å². The van der Waals surface area contributed by atoms with Crippen molar-refractivity contribution in [2.45, 2.75) is 52.2 Å². The van der Waals surface area contributed by atoms with E-state index >= 15 is 0 Å². The van der Waals surface area contributed by atoms with Gasteiger partial charge < -0.3 is 15.3 Å². The van der Waals surface area contributed by atoms with Gasteiger partial charge in [0, 0.05) is 6.61 Å². The summed E-state index contributed by atoms with van der Waals surface area (Å²) in [6, 6.07) is 0. The molecule has 0 amide bonds. The smallest absolute Gasteiger partial charge is 0.0885 e. The molecule has 3 nitrogen and oxygen atoms in total. The highest BCUT2D eigenvalue weighted by atomic mass is 16.3. The quantitative estimate of drug-likeness (QED) is 0.675. The zero-order valence-electron chi connectivity index (χ0n) is 11.8. The Kier molecular flexibility index (Phi) is 4.76. The molecule has 1 rings (SSSR count). The van der Waals surface area contributed by atoms with Crippen molar-refractivity contribution in [2.24, 2.45) is 11.3 Å². The summed E-state index contributed by atoms with van der Waals surface area (Å²) in [5.74, 6) is -0.0189. The summed E-state index contributed by atoms with van der Waals surface area (Å²) >= 11 is 0. The molecule has 1 fully saturated rings. The Hall–Kier alpha value is -0.640. The Balaban J connectivity index is 2.94. The van der Waals surface area contributed by atoms with E-state index in [1.165, 1.54) is 5.57 Å². The van der Waals surface area contributed by atoms with E-state index in [2.05, 4.69) is 0 Å². The molecule has 1 aliphatic carbocycles. The van der Waals surface area contributed by atoms with Gasteiger partial charge in [-0.2, -0.15) is 0 Å². The Morgan fingerprint density at radius 1 is 1.33 bits per heavy atom. The molecule has 0 bridgehead atoms. The normalized spacial score (nSPS) is 41.1. The maximum absolute atomic E-state index is 10.2. The second-order valence-electron chi connectivity index (χ2n) is 6.27. The number of hydrogen-bond acceptors (Lipinski definition) is 3. The van der Waals surface area contributed by atoms with Gasteiger partial charge in [-0.3, -0.25) is 0 Å². The Labute approximate surface area is 110 Å². The van der Waals surface area contributed by atoms with Crippen LogP contribution in [0, 0.1) is 11.3 Å². The fraction of sp³-hybridized carbons (Fsp3) is 0.733. The first kappa shape index (κ1) is 15.4. The Morgan fingerprint density at radius 2 is 1.94 bits per heavy atom. The van der Waals surface area contributed by atoms with Crippen molar-refractivity contribution < 1.29 is 15.3 Å². The van der Waals surface area contributed by atoms with E-state index in [1.54, 1.807) is 6.92 Å². The lowest BCUT2D eigenvalue weighted by atomic mass is 9.61. The molecule has 0 heterocycles. The summed E-state index contributed by atoms with van der Waals surface area (Å²) in [4.78, 5) is 0. The van der Waals surface area contributed by atoms with E-state index in [0.29, 0.717) is 12.8 Å². The van der Waals surface area contributed by atoms with Gasteiger partial charge in [-0.05, 0) is 44.9 Å². The fourth-order valence-corrected chi connectivity index (χ4v) is 2.76. The molecule has 0 aromatic carbocycles. The summed E-state index contributed by atoms with van der Waals surface area (Å²) in [7, 11) is 0. The topological polar surface area (TPSA) is 60.7 Å². The van der Waals surface area contributed by atoms with Crippen molar-refractivity contribution in [1.29, 1.82) is 0 Å².